The quantitative estimate of drug-likeness (QED) is 0.688. The van der Waals surface area contributed by atoms with Gasteiger partial charge < -0.3 is 9.73 Å². The fourth-order valence-corrected chi connectivity index (χ4v) is 3.24. The third-order valence-electron chi connectivity index (χ3n) is 3.04. The number of aryl methyl sites for hydroxylation is 1. The van der Waals surface area contributed by atoms with E-state index in [-0.39, 0.29) is 6.04 Å². The van der Waals surface area contributed by atoms with E-state index in [0.29, 0.717) is 0 Å². The highest BCUT2D eigenvalue weighted by molar-refractivity contribution is 7.16. The Morgan fingerprint density at radius 2 is 2.05 bits per heavy atom. The molecular formula is C16H14ClNOS. The minimum absolute atomic E-state index is 0.0238. The molecule has 2 aromatic heterocycles. The van der Waals surface area contributed by atoms with Crippen LogP contribution in [0.4, 0.5) is 5.69 Å². The van der Waals surface area contributed by atoms with Crippen LogP contribution in [0.1, 0.15) is 22.2 Å². The van der Waals surface area contributed by atoms with Crippen molar-refractivity contribution in [3.8, 4) is 0 Å². The molecule has 0 saturated heterocycles. The lowest BCUT2D eigenvalue weighted by Gasteiger charge is -2.17. The fraction of sp³-hybridized carbons (Fsp3) is 0.125. The number of rotatable bonds is 4. The van der Waals surface area contributed by atoms with E-state index >= 15 is 0 Å². The van der Waals surface area contributed by atoms with Gasteiger partial charge in [-0.05, 0) is 48.9 Å². The van der Waals surface area contributed by atoms with E-state index in [4.69, 9.17) is 16.0 Å². The first-order valence-electron chi connectivity index (χ1n) is 6.34. The van der Waals surface area contributed by atoms with Gasteiger partial charge in [-0.3, -0.25) is 0 Å². The Hall–Kier alpha value is -1.71. The van der Waals surface area contributed by atoms with Crippen LogP contribution in [0.25, 0.3) is 0 Å². The standard InChI is InChI=1S/C16H14ClNOS/c1-11-4-2-5-12(10-11)18-16(13-6-3-9-19-13)14-7-8-15(17)20-14/h2-10,16,18H,1H3. The van der Waals surface area contributed by atoms with E-state index in [1.807, 2.05) is 30.3 Å². The molecular weight excluding hydrogens is 290 g/mol. The Labute approximate surface area is 127 Å². The highest BCUT2D eigenvalue weighted by atomic mass is 35.5. The molecule has 3 aromatic rings. The molecule has 0 aliphatic rings. The van der Waals surface area contributed by atoms with Gasteiger partial charge in [0.05, 0.1) is 10.6 Å². The monoisotopic (exact) mass is 303 g/mol. The van der Waals surface area contributed by atoms with E-state index in [9.17, 15) is 0 Å². The van der Waals surface area contributed by atoms with Crippen molar-refractivity contribution in [1.29, 1.82) is 0 Å². The molecule has 1 aromatic carbocycles. The van der Waals surface area contributed by atoms with Crippen molar-refractivity contribution in [3.05, 3.63) is 75.3 Å². The van der Waals surface area contributed by atoms with Crippen molar-refractivity contribution in [2.45, 2.75) is 13.0 Å². The average molecular weight is 304 g/mol. The summed E-state index contributed by atoms with van der Waals surface area (Å²) in [6.07, 6.45) is 1.69. The Morgan fingerprint density at radius 1 is 1.15 bits per heavy atom. The van der Waals surface area contributed by atoms with Crippen LogP contribution in [0.2, 0.25) is 4.34 Å². The highest BCUT2D eigenvalue weighted by Gasteiger charge is 2.18. The molecule has 0 radical (unpaired) electrons. The molecule has 1 atom stereocenters. The van der Waals surface area contributed by atoms with Crippen LogP contribution < -0.4 is 5.32 Å². The lowest BCUT2D eigenvalue weighted by molar-refractivity contribution is 0.501. The van der Waals surface area contributed by atoms with Gasteiger partial charge in [-0.1, -0.05) is 23.7 Å². The van der Waals surface area contributed by atoms with Gasteiger partial charge in [0.2, 0.25) is 0 Å². The van der Waals surface area contributed by atoms with E-state index in [0.717, 1.165) is 20.7 Å². The summed E-state index contributed by atoms with van der Waals surface area (Å²) in [6, 6.07) is 16.1. The van der Waals surface area contributed by atoms with E-state index < -0.39 is 0 Å². The van der Waals surface area contributed by atoms with Crippen LogP contribution in [0, 0.1) is 6.92 Å². The molecule has 0 saturated carbocycles. The normalized spacial score (nSPS) is 12.3. The van der Waals surface area contributed by atoms with E-state index in [1.54, 1.807) is 17.6 Å². The van der Waals surface area contributed by atoms with Crippen molar-refractivity contribution in [1.82, 2.24) is 0 Å². The Balaban J connectivity index is 1.94. The molecule has 102 valence electrons. The van der Waals surface area contributed by atoms with Gasteiger partial charge in [-0.25, -0.2) is 0 Å². The Kier molecular flexibility index (Phi) is 3.81. The maximum Gasteiger partial charge on any atom is 0.131 e. The molecule has 3 rings (SSSR count). The van der Waals surface area contributed by atoms with Crippen molar-refractivity contribution in [2.24, 2.45) is 0 Å². The van der Waals surface area contributed by atoms with Crippen LogP contribution in [-0.2, 0) is 0 Å². The third-order valence-corrected chi connectivity index (χ3v) is 4.33. The van der Waals surface area contributed by atoms with Crippen LogP contribution in [0.3, 0.4) is 0 Å². The molecule has 1 unspecified atom stereocenters. The molecule has 0 bridgehead atoms. The van der Waals surface area contributed by atoms with Crippen LogP contribution >= 0.6 is 22.9 Å². The van der Waals surface area contributed by atoms with E-state index in [2.05, 4.69) is 30.4 Å². The number of anilines is 1. The van der Waals surface area contributed by atoms with Crippen LogP contribution in [0.15, 0.2) is 59.2 Å². The lowest BCUT2D eigenvalue weighted by Crippen LogP contribution is -2.10. The number of thiophene rings is 1. The van der Waals surface area contributed by atoms with Crippen molar-refractivity contribution in [3.63, 3.8) is 0 Å². The minimum atomic E-state index is -0.0238. The molecule has 0 spiro atoms. The summed E-state index contributed by atoms with van der Waals surface area (Å²) in [5, 5.41) is 3.51. The molecule has 4 heteroatoms. The fourth-order valence-electron chi connectivity index (χ4n) is 2.12. The highest BCUT2D eigenvalue weighted by Crippen LogP contribution is 2.33. The molecule has 2 heterocycles. The maximum atomic E-state index is 6.05. The largest absolute Gasteiger partial charge is 0.467 e. The lowest BCUT2D eigenvalue weighted by atomic mass is 10.1. The molecule has 0 amide bonds. The Bertz CT molecular complexity index is 690. The van der Waals surface area contributed by atoms with Crippen molar-refractivity contribution < 1.29 is 4.42 Å². The van der Waals surface area contributed by atoms with Gasteiger partial charge in [-0.2, -0.15) is 0 Å². The SMILES string of the molecule is Cc1cccc(NC(c2ccco2)c2ccc(Cl)s2)c1. The zero-order valence-electron chi connectivity index (χ0n) is 11.0. The summed E-state index contributed by atoms with van der Waals surface area (Å²) < 4.78 is 6.34. The van der Waals surface area contributed by atoms with Gasteiger partial charge in [0.25, 0.3) is 0 Å². The van der Waals surface area contributed by atoms with Gasteiger partial charge in [0, 0.05) is 10.6 Å². The first-order chi connectivity index (χ1) is 9.72. The number of furan rings is 1. The smallest absolute Gasteiger partial charge is 0.131 e. The molecule has 20 heavy (non-hydrogen) atoms. The average Bonchev–Trinajstić information content (AvgIpc) is 3.07. The second-order valence-corrected chi connectivity index (χ2v) is 6.35. The summed E-state index contributed by atoms with van der Waals surface area (Å²) >= 11 is 7.61. The topological polar surface area (TPSA) is 25.2 Å². The van der Waals surface area contributed by atoms with E-state index in [1.165, 1.54) is 5.56 Å². The van der Waals surface area contributed by atoms with Gasteiger partial charge in [0.15, 0.2) is 0 Å². The zero-order valence-corrected chi connectivity index (χ0v) is 12.5. The molecule has 1 N–H and O–H groups in total. The van der Waals surface area contributed by atoms with Crippen molar-refractivity contribution >= 4 is 28.6 Å². The van der Waals surface area contributed by atoms with Crippen LogP contribution in [-0.4, -0.2) is 0 Å². The summed E-state index contributed by atoms with van der Waals surface area (Å²) in [5.74, 6) is 0.880. The number of hydrogen-bond donors (Lipinski definition) is 1. The predicted octanol–water partition coefficient (Wildman–Crippen LogP) is 5.50. The number of benzene rings is 1. The van der Waals surface area contributed by atoms with Gasteiger partial charge in [0.1, 0.15) is 11.8 Å². The van der Waals surface area contributed by atoms with Gasteiger partial charge in [-0.15, -0.1) is 11.3 Å². The second-order valence-electron chi connectivity index (χ2n) is 4.60. The second kappa shape index (κ2) is 5.73. The summed E-state index contributed by atoms with van der Waals surface area (Å²) in [5.41, 5.74) is 2.29. The molecule has 0 aliphatic heterocycles. The first-order valence-corrected chi connectivity index (χ1v) is 7.53. The predicted molar refractivity (Wildman–Crippen MR) is 84.7 cm³/mol. The number of hydrogen-bond acceptors (Lipinski definition) is 3. The summed E-state index contributed by atoms with van der Waals surface area (Å²) in [6.45, 7) is 2.08. The first kappa shape index (κ1) is 13.3. The molecule has 2 nitrogen and oxygen atoms in total. The maximum absolute atomic E-state index is 6.05. The Morgan fingerprint density at radius 3 is 2.70 bits per heavy atom. The summed E-state index contributed by atoms with van der Waals surface area (Å²) in [7, 11) is 0. The molecule has 0 fully saturated rings. The van der Waals surface area contributed by atoms with Crippen molar-refractivity contribution in [2.75, 3.05) is 5.32 Å². The van der Waals surface area contributed by atoms with Crippen LogP contribution in [0.5, 0.6) is 0 Å². The zero-order chi connectivity index (χ0) is 13.9. The summed E-state index contributed by atoms with van der Waals surface area (Å²) in [4.78, 5) is 1.13. The number of halogens is 1. The van der Waals surface area contributed by atoms with Gasteiger partial charge >= 0.3 is 0 Å². The third kappa shape index (κ3) is 2.89. The number of nitrogens with one attached hydrogen (secondary N) is 1. The minimum Gasteiger partial charge on any atom is -0.467 e. The molecule has 0 aliphatic carbocycles.